The first-order chi connectivity index (χ1) is 5.09. The minimum atomic E-state index is -0.667. The average Bonchev–Trinajstić information content (AvgIpc) is 2.09. The summed E-state index contributed by atoms with van der Waals surface area (Å²) in [7, 11) is 0. The summed E-state index contributed by atoms with van der Waals surface area (Å²) in [5.74, 6) is -0.544. The van der Waals surface area contributed by atoms with Crippen LogP contribution in [0.25, 0.3) is 0 Å². The van der Waals surface area contributed by atoms with Crippen molar-refractivity contribution in [3.05, 3.63) is 0 Å². The van der Waals surface area contributed by atoms with Crippen LogP contribution in [0.15, 0.2) is 0 Å². The van der Waals surface area contributed by atoms with Crippen LogP contribution in [0, 0.1) is 5.41 Å². The topological polar surface area (TPSA) is 108 Å². The van der Waals surface area contributed by atoms with Crippen LogP contribution in [-0.2, 0) is 4.79 Å². The van der Waals surface area contributed by atoms with Crippen molar-refractivity contribution < 1.29 is 9.59 Å². The molecule has 0 radical (unpaired) electrons. The lowest BCUT2D eigenvalue weighted by atomic mass is 10.2. The predicted molar refractivity (Wildman–Crippen MR) is 37.0 cm³/mol. The molecule has 11 heavy (non-hydrogen) atoms. The maximum Gasteiger partial charge on any atom is 0.322 e. The van der Waals surface area contributed by atoms with Gasteiger partial charge in [-0.3, -0.25) is 15.5 Å². The van der Waals surface area contributed by atoms with Gasteiger partial charge in [-0.05, 0) is 0 Å². The van der Waals surface area contributed by atoms with Gasteiger partial charge in [-0.1, -0.05) is 0 Å². The number of carbonyl (C=O) groups is 2. The monoisotopic (exact) mass is 156 g/mol. The Bertz CT molecular complexity index is 225. The maximum atomic E-state index is 10.8. The molecule has 0 aromatic heterocycles. The van der Waals surface area contributed by atoms with E-state index in [1.165, 1.54) is 0 Å². The summed E-state index contributed by atoms with van der Waals surface area (Å²) in [4.78, 5) is 21.3. The zero-order valence-corrected chi connectivity index (χ0v) is 5.68. The molecule has 0 saturated carbocycles. The molecule has 0 aromatic carbocycles. The Hall–Kier alpha value is -1.59. The fourth-order valence-electron chi connectivity index (χ4n) is 0.823. The first-order valence-electron chi connectivity index (χ1n) is 3.04. The van der Waals surface area contributed by atoms with E-state index in [4.69, 9.17) is 11.1 Å². The van der Waals surface area contributed by atoms with Gasteiger partial charge in [-0.15, -0.1) is 0 Å². The smallest absolute Gasteiger partial charge is 0.322 e. The number of hydrogen-bond acceptors (Lipinski definition) is 3. The molecule has 6 heteroatoms. The third-order valence-corrected chi connectivity index (χ3v) is 1.28. The van der Waals surface area contributed by atoms with Gasteiger partial charge in [0, 0.05) is 6.42 Å². The molecule has 1 unspecified atom stereocenters. The van der Waals surface area contributed by atoms with Gasteiger partial charge < -0.3 is 11.1 Å². The van der Waals surface area contributed by atoms with Crippen molar-refractivity contribution in [1.82, 2.24) is 10.6 Å². The van der Waals surface area contributed by atoms with Gasteiger partial charge in [0.05, 0.1) is 5.84 Å². The number of amidine groups is 1. The summed E-state index contributed by atoms with van der Waals surface area (Å²) in [5, 5.41) is 11.2. The number of nitrogens with one attached hydrogen (secondary N) is 3. The molecule has 5 N–H and O–H groups in total. The molecule has 6 nitrogen and oxygen atoms in total. The lowest BCUT2D eigenvalue weighted by Crippen LogP contribution is -2.33. The normalized spacial score (nSPS) is 22.7. The van der Waals surface area contributed by atoms with Gasteiger partial charge in [0.2, 0.25) is 0 Å². The Morgan fingerprint density at radius 1 is 1.64 bits per heavy atom. The van der Waals surface area contributed by atoms with E-state index in [1.54, 1.807) is 0 Å². The number of amides is 3. The number of urea groups is 1. The maximum absolute atomic E-state index is 10.8. The minimum absolute atomic E-state index is 0.0670. The highest BCUT2D eigenvalue weighted by Crippen LogP contribution is 1.96. The van der Waals surface area contributed by atoms with Crippen LogP contribution >= 0.6 is 0 Å². The lowest BCUT2D eigenvalue weighted by molar-refractivity contribution is -0.120. The molecule has 3 amide bonds. The molecule has 0 aromatic rings. The van der Waals surface area contributed by atoms with Gasteiger partial charge in [0.25, 0.3) is 5.91 Å². The number of nitrogens with two attached hydrogens (primary N) is 1. The highest BCUT2D eigenvalue weighted by atomic mass is 16.2. The summed E-state index contributed by atoms with van der Waals surface area (Å²) >= 11 is 0. The molecule has 60 valence electrons. The van der Waals surface area contributed by atoms with Gasteiger partial charge >= 0.3 is 6.03 Å². The van der Waals surface area contributed by atoms with Crippen molar-refractivity contribution >= 4 is 17.8 Å². The van der Waals surface area contributed by atoms with Gasteiger partial charge in [-0.2, -0.15) is 0 Å². The highest BCUT2D eigenvalue weighted by Gasteiger charge is 2.29. The number of hydrogen-bond donors (Lipinski definition) is 4. The van der Waals surface area contributed by atoms with Crippen LogP contribution in [-0.4, -0.2) is 23.8 Å². The first-order valence-corrected chi connectivity index (χ1v) is 3.04. The lowest BCUT2D eigenvalue weighted by Gasteiger charge is -2.03. The summed E-state index contributed by atoms with van der Waals surface area (Å²) in [5.41, 5.74) is 5.03. The quantitative estimate of drug-likeness (QED) is 0.222. The molecule has 0 aliphatic carbocycles. The van der Waals surface area contributed by atoms with Crippen LogP contribution in [0.2, 0.25) is 0 Å². The van der Waals surface area contributed by atoms with Crippen LogP contribution in [0.1, 0.15) is 6.42 Å². The second kappa shape index (κ2) is 2.57. The molecule has 1 atom stereocenters. The van der Waals surface area contributed by atoms with E-state index in [2.05, 4.69) is 5.32 Å². The van der Waals surface area contributed by atoms with Crippen LogP contribution < -0.4 is 16.4 Å². The zero-order valence-electron chi connectivity index (χ0n) is 5.68. The third kappa shape index (κ3) is 1.66. The van der Waals surface area contributed by atoms with E-state index in [1.807, 2.05) is 5.32 Å². The second-order valence-electron chi connectivity index (χ2n) is 2.24. The molecular formula is C5H8N4O2. The van der Waals surface area contributed by atoms with Crippen LogP contribution in [0.3, 0.4) is 0 Å². The van der Waals surface area contributed by atoms with E-state index >= 15 is 0 Å². The largest absolute Gasteiger partial charge is 0.388 e. The fraction of sp³-hybridized carbons (Fsp3) is 0.400. The van der Waals surface area contributed by atoms with Gasteiger partial charge in [0.1, 0.15) is 6.04 Å². The van der Waals surface area contributed by atoms with Crippen LogP contribution in [0.4, 0.5) is 4.79 Å². The average molecular weight is 156 g/mol. The predicted octanol–water partition coefficient (Wildman–Crippen LogP) is -1.48. The molecule has 0 spiro atoms. The Labute approximate surface area is 62.6 Å². The van der Waals surface area contributed by atoms with E-state index in [0.29, 0.717) is 0 Å². The standard InChI is InChI=1S/C5H8N4O2/c6-3(7)1-2-4(10)9-5(11)8-2/h2H,1H2,(H3,6,7)(H2,8,9,10,11). The second-order valence-corrected chi connectivity index (χ2v) is 2.24. The molecule has 0 bridgehead atoms. The summed E-state index contributed by atoms with van der Waals surface area (Å²) in [6.45, 7) is 0. The molecular weight excluding hydrogens is 148 g/mol. The van der Waals surface area contributed by atoms with Gasteiger partial charge in [0.15, 0.2) is 0 Å². The SMILES string of the molecule is N=C(N)CC1NC(=O)NC1=O. The Balaban J connectivity index is 2.53. The fourth-order valence-corrected chi connectivity index (χ4v) is 0.823. The molecule has 1 fully saturated rings. The van der Waals surface area contributed by atoms with E-state index in [-0.39, 0.29) is 12.3 Å². The molecule has 1 aliphatic heterocycles. The Morgan fingerprint density at radius 3 is 2.64 bits per heavy atom. The summed E-state index contributed by atoms with van der Waals surface area (Å²) < 4.78 is 0. The Kier molecular flexibility index (Phi) is 1.75. The zero-order chi connectivity index (χ0) is 8.43. The van der Waals surface area contributed by atoms with E-state index in [0.717, 1.165) is 0 Å². The van der Waals surface area contributed by atoms with E-state index < -0.39 is 18.0 Å². The summed E-state index contributed by atoms with van der Waals surface area (Å²) in [6.07, 6.45) is 0.0670. The van der Waals surface area contributed by atoms with Crippen molar-refractivity contribution in [2.45, 2.75) is 12.5 Å². The molecule has 1 aliphatic rings. The van der Waals surface area contributed by atoms with Crippen molar-refractivity contribution in [1.29, 1.82) is 5.41 Å². The van der Waals surface area contributed by atoms with Crippen molar-refractivity contribution in [2.75, 3.05) is 0 Å². The number of rotatable bonds is 2. The van der Waals surface area contributed by atoms with Gasteiger partial charge in [-0.25, -0.2) is 4.79 Å². The number of carbonyl (C=O) groups excluding carboxylic acids is 2. The van der Waals surface area contributed by atoms with E-state index in [9.17, 15) is 9.59 Å². The molecule has 1 saturated heterocycles. The Morgan fingerprint density at radius 2 is 2.27 bits per heavy atom. The number of imide groups is 1. The molecule has 1 rings (SSSR count). The van der Waals surface area contributed by atoms with Crippen LogP contribution in [0.5, 0.6) is 0 Å². The highest BCUT2D eigenvalue weighted by molar-refractivity contribution is 6.05. The third-order valence-electron chi connectivity index (χ3n) is 1.28. The minimum Gasteiger partial charge on any atom is -0.388 e. The first kappa shape index (κ1) is 7.52. The van der Waals surface area contributed by atoms with Crippen molar-refractivity contribution in [2.24, 2.45) is 5.73 Å². The van der Waals surface area contributed by atoms with Crippen molar-refractivity contribution in [3.63, 3.8) is 0 Å². The summed E-state index contributed by atoms with van der Waals surface area (Å²) in [6, 6.07) is -1.19. The molecule has 1 heterocycles. The van der Waals surface area contributed by atoms with Crippen molar-refractivity contribution in [3.8, 4) is 0 Å².